The minimum absolute atomic E-state index is 0.270. The van der Waals surface area contributed by atoms with Crippen molar-refractivity contribution in [2.24, 2.45) is 19.3 Å². The van der Waals surface area contributed by atoms with Gasteiger partial charge in [-0.2, -0.15) is 0 Å². The van der Waals surface area contributed by atoms with Gasteiger partial charge in [0.15, 0.2) is 5.78 Å². The molecule has 0 saturated heterocycles. The second kappa shape index (κ2) is 12.3. The minimum atomic E-state index is -0.292. The molecule has 4 rings (SSSR count). The van der Waals surface area contributed by atoms with E-state index in [1.807, 2.05) is 62.4 Å². The van der Waals surface area contributed by atoms with Gasteiger partial charge in [0.2, 0.25) is 0 Å². The zero-order valence-corrected chi connectivity index (χ0v) is 22.5. The van der Waals surface area contributed by atoms with Crippen LogP contribution in [0.5, 0.6) is 0 Å². The Labute approximate surface area is 228 Å². The van der Waals surface area contributed by atoms with Crippen molar-refractivity contribution in [2.45, 2.75) is 23.6 Å². The van der Waals surface area contributed by atoms with Crippen LogP contribution in [0.4, 0.5) is 11.4 Å². The molecule has 0 unspecified atom stereocenters. The van der Waals surface area contributed by atoms with Gasteiger partial charge in [-0.15, -0.1) is 19.3 Å². The van der Waals surface area contributed by atoms with Gasteiger partial charge < -0.3 is 0 Å². The Morgan fingerprint density at radius 3 is 1.36 bits per heavy atom. The molecule has 5 nitrogen and oxygen atoms in total. The number of rotatable bonds is 8. The number of hydrogen-bond donors (Lipinski definition) is 0. The molecule has 4 aromatic rings. The smallest absolute Gasteiger partial charge is 0.196 e. The molecule has 36 heavy (non-hydrogen) atoms. The maximum atomic E-state index is 13.1. The minimum Gasteiger partial charge on any atom is -0.288 e. The quantitative estimate of drug-likeness (QED) is 0.124. The Hall–Kier alpha value is -2.97. The molecule has 9 heteroatoms. The fourth-order valence-corrected chi connectivity index (χ4v) is 4.57. The van der Waals surface area contributed by atoms with Gasteiger partial charge in [-0.1, -0.05) is 58.6 Å². The summed E-state index contributed by atoms with van der Waals surface area (Å²) in [6.07, 6.45) is 0. The Bertz CT molecular complexity index is 1330. The molecule has 0 atom stereocenters. The standard InChI is InChI=1S/C27H20Cl2N4OS2/c1-17-3-9-21(10-4-17)35-32-30-19-7-13-23(25(28)15-19)27(34)24-14-8-20(16-26(24)29)31-33-36-22-11-5-18(2)6-12-22/h3-16H,1-2H3. The first kappa shape index (κ1) is 26.1. The van der Waals surface area contributed by atoms with Crippen molar-refractivity contribution in [1.29, 1.82) is 0 Å². The summed E-state index contributed by atoms with van der Waals surface area (Å²) in [6, 6.07) is 25.8. The topological polar surface area (TPSA) is 66.5 Å². The van der Waals surface area contributed by atoms with Crippen molar-refractivity contribution in [1.82, 2.24) is 0 Å². The number of benzene rings is 4. The highest BCUT2D eigenvalue weighted by Crippen LogP contribution is 2.31. The predicted molar refractivity (Wildman–Crippen MR) is 149 cm³/mol. The molecule has 0 bridgehead atoms. The summed E-state index contributed by atoms with van der Waals surface area (Å²) in [4.78, 5) is 15.0. The van der Waals surface area contributed by atoms with Crippen molar-refractivity contribution in [2.75, 3.05) is 0 Å². The molecule has 0 fully saturated rings. The lowest BCUT2D eigenvalue weighted by Crippen LogP contribution is -2.02. The molecule has 180 valence electrons. The van der Waals surface area contributed by atoms with Crippen LogP contribution in [0.25, 0.3) is 0 Å². The van der Waals surface area contributed by atoms with Crippen LogP contribution in [0, 0.1) is 13.8 Å². The average Bonchev–Trinajstić information content (AvgIpc) is 2.86. The highest BCUT2D eigenvalue weighted by molar-refractivity contribution is 7.98. The zero-order valence-electron chi connectivity index (χ0n) is 19.4. The summed E-state index contributed by atoms with van der Waals surface area (Å²) >= 11 is 15.3. The molecule has 0 saturated carbocycles. The average molecular weight is 552 g/mol. The molecule has 0 aliphatic rings. The lowest BCUT2D eigenvalue weighted by atomic mass is 10.0. The molecule has 0 N–H and O–H groups in total. The number of carbonyl (C=O) groups excluding carboxylic acids is 1. The van der Waals surface area contributed by atoms with E-state index in [1.165, 1.54) is 35.0 Å². The highest BCUT2D eigenvalue weighted by Gasteiger charge is 2.17. The molecule has 0 heterocycles. The normalized spacial score (nSPS) is 11.4. The lowest BCUT2D eigenvalue weighted by Gasteiger charge is -2.07. The van der Waals surface area contributed by atoms with Gasteiger partial charge >= 0.3 is 0 Å². The van der Waals surface area contributed by atoms with E-state index in [2.05, 4.69) is 19.3 Å². The predicted octanol–water partition coefficient (Wildman–Crippen LogP) is 10.4. The van der Waals surface area contributed by atoms with Crippen molar-refractivity contribution in [3.05, 3.63) is 117 Å². The number of ketones is 1. The Balaban J connectivity index is 1.41. The molecule has 0 aliphatic carbocycles. The second-order valence-electron chi connectivity index (χ2n) is 7.83. The summed E-state index contributed by atoms with van der Waals surface area (Å²) in [6.45, 7) is 4.06. The molecule has 4 aromatic carbocycles. The number of aryl methyl sites for hydroxylation is 2. The summed E-state index contributed by atoms with van der Waals surface area (Å²) in [7, 11) is 0. The number of carbonyl (C=O) groups is 1. The molecular formula is C27H20Cl2N4OS2. The van der Waals surface area contributed by atoms with Crippen molar-refractivity contribution < 1.29 is 4.79 Å². The van der Waals surface area contributed by atoms with E-state index in [9.17, 15) is 4.79 Å². The summed E-state index contributed by atoms with van der Waals surface area (Å²) in [5, 5.41) is 8.91. The first-order valence-corrected chi connectivity index (χ1v) is 13.1. The first-order valence-electron chi connectivity index (χ1n) is 10.8. The van der Waals surface area contributed by atoms with Gasteiger partial charge in [-0.05, 0) is 74.5 Å². The Morgan fingerprint density at radius 1 is 0.611 bits per heavy atom. The van der Waals surface area contributed by atoms with Crippen LogP contribution in [0.3, 0.4) is 0 Å². The van der Waals surface area contributed by atoms with Crippen molar-refractivity contribution >= 4 is 64.3 Å². The lowest BCUT2D eigenvalue weighted by molar-refractivity contribution is 0.103. The van der Waals surface area contributed by atoms with Crippen LogP contribution in [0.1, 0.15) is 27.0 Å². The van der Waals surface area contributed by atoms with Gasteiger partial charge in [0.1, 0.15) is 0 Å². The van der Waals surface area contributed by atoms with Gasteiger partial charge in [-0.3, -0.25) is 4.79 Å². The van der Waals surface area contributed by atoms with E-state index in [1.54, 1.807) is 36.4 Å². The summed E-state index contributed by atoms with van der Waals surface area (Å²) in [5.74, 6) is -0.292. The fourth-order valence-electron chi connectivity index (χ4n) is 3.07. The molecule has 0 aliphatic heterocycles. The number of nitrogens with zero attached hydrogens (tertiary/aromatic N) is 4. The third-order valence-electron chi connectivity index (χ3n) is 5.04. The van der Waals surface area contributed by atoms with E-state index in [0.717, 1.165) is 9.79 Å². The summed E-state index contributed by atoms with van der Waals surface area (Å²) < 4.78 is 8.29. The van der Waals surface area contributed by atoms with E-state index in [-0.39, 0.29) is 15.8 Å². The van der Waals surface area contributed by atoms with Crippen molar-refractivity contribution in [3.8, 4) is 0 Å². The van der Waals surface area contributed by atoms with E-state index < -0.39 is 0 Å². The van der Waals surface area contributed by atoms with Crippen LogP contribution in [0.15, 0.2) is 114 Å². The van der Waals surface area contributed by atoms with E-state index >= 15 is 0 Å². The highest BCUT2D eigenvalue weighted by atomic mass is 35.5. The van der Waals surface area contributed by atoms with Gasteiger partial charge in [0.05, 0.1) is 21.4 Å². The molecular weight excluding hydrogens is 531 g/mol. The molecule has 0 spiro atoms. The number of hydrogen-bond acceptors (Lipinski definition) is 7. The first-order chi connectivity index (χ1) is 17.4. The molecule has 0 amide bonds. The molecule has 0 radical (unpaired) electrons. The SMILES string of the molecule is Cc1ccc(SN=Nc2ccc(C(=O)c3ccc(N=NSc4ccc(C)cc4)cc3Cl)c(Cl)c2)cc1. The van der Waals surface area contributed by atoms with Crippen LogP contribution in [-0.2, 0) is 0 Å². The van der Waals surface area contributed by atoms with Gasteiger partial charge in [0, 0.05) is 44.8 Å². The third-order valence-corrected chi connectivity index (χ3v) is 6.96. The Kier molecular flexibility index (Phi) is 8.93. The van der Waals surface area contributed by atoms with Gasteiger partial charge in [0.25, 0.3) is 0 Å². The van der Waals surface area contributed by atoms with Crippen molar-refractivity contribution in [3.63, 3.8) is 0 Å². The van der Waals surface area contributed by atoms with E-state index in [0.29, 0.717) is 22.5 Å². The maximum absolute atomic E-state index is 13.1. The monoisotopic (exact) mass is 550 g/mol. The second-order valence-corrected chi connectivity index (χ2v) is 10.3. The van der Waals surface area contributed by atoms with E-state index in [4.69, 9.17) is 23.2 Å². The summed E-state index contributed by atoms with van der Waals surface area (Å²) in [5.41, 5.74) is 4.10. The van der Waals surface area contributed by atoms with Crippen LogP contribution >= 0.6 is 47.1 Å². The third kappa shape index (κ3) is 7.04. The zero-order chi connectivity index (χ0) is 25.5. The Morgan fingerprint density at radius 2 is 1.00 bits per heavy atom. The number of halogens is 2. The maximum Gasteiger partial charge on any atom is 0.196 e. The molecule has 0 aromatic heterocycles. The largest absolute Gasteiger partial charge is 0.288 e. The van der Waals surface area contributed by atoms with Gasteiger partial charge in [-0.25, -0.2) is 0 Å². The van der Waals surface area contributed by atoms with Crippen LogP contribution in [-0.4, -0.2) is 5.78 Å². The van der Waals surface area contributed by atoms with Crippen LogP contribution < -0.4 is 0 Å². The fraction of sp³-hybridized carbons (Fsp3) is 0.0741. The van der Waals surface area contributed by atoms with Crippen LogP contribution in [0.2, 0.25) is 10.0 Å².